The van der Waals surface area contributed by atoms with Crippen molar-refractivity contribution in [2.24, 2.45) is 12.5 Å². The first kappa shape index (κ1) is 54.3. The molecule has 5 N–H and O–H groups in total. The first-order valence-electron chi connectivity index (χ1n) is 24.1. The summed E-state index contributed by atoms with van der Waals surface area (Å²) in [7, 11) is -2.18. The fraction of sp³-hybridized carbons (Fsp3) is 0.404. The molecule has 1 saturated heterocycles. The number of aliphatic hydroxyl groups excluding tert-OH is 1. The van der Waals surface area contributed by atoms with Crippen LogP contribution in [0.2, 0.25) is 0 Å². The molecule has 4 amide bonds. The number of carbonyl (C=O) groups is 4. The Bertz CT molecular complexity index is 3340. The Kier molecular flexibility index (Phi) is 16.0. The quantitative estimate of drug-likeness (QED) is 0.0715. The predicted molar refractivity (Wildman–Crippen MR) is 278 cm³/mol. The van der Waals surface area contributed by atoms with Crippen molar-refractivity contribution in [3.05, 3.63) is 117 Å². The lowest BCUT2D eigenvalue weighted by Gasteiger charge is -2.35. The number of sulfone groups is 1. The molecule has 2 aromatic carbocycles. The average molecular weight is 1070 g/mol. The summed E-state index contributed by atoms with van der Waals surface area (Å²) in [4.78, 5) is 83.3. The maximum absolute atomic E-state index is 15.5. The summed E-state index contributed by atoms with van der Waals surface area (Å²) in [5, 5.41) is 19.7. The van der Waals surface area contributed by atoms with Crippen molar-refractivity contribution in [2.75, 3.05) is 50.7 Å². The lowest BCUT2D eigenvalue weighted by atomic mass is 9.85. The number of nitrogens with one attached hydrogen (secondary N) is 4. The number of ether oxygens (including phenoxy) is 2. The molecule has 4 atom stereocenters. The average Bonchev–Trinajstić information content (AvgIpc) is 4.07. The number of aromatic amines is 1. The van der Waals surface area contributed by atoms with Gasteiger partial charge in [-0.05, 0) is 53.6 Å². The zero-order valence-electron chi connectivity index (χ0n) is 42.5. The number of likely N-dealkylation sites (tertiary alicyclic amines) is 1. The number of thiazole rings is 1. The lowest BCUT2D eigenvalue weighted by molar-refractivity contribution is -0.144. The third kappa shape index (κ3) is 12.1. The number of aryl methyl sites for hydroxylation is 2. The van der Waals surface area contributed by atoms with Crippen molar-refractivity contribution in [3.63, 3.8) is 0 Å². The maximum Gasteiger partial charge on any atom is 0.274 e. The molecule has 0 radical (unpaired) electrons. The van der Waals surface area contributed by atoms with Gasteiger partial charge in [-0.2, -0.15) is 0 Å². The van der Waals surface area contributed by atoms with Crippen LogP contribution >= 0.6 is 11.3 Å². The minimum absolute atomic E-state index is 0.000431. The first-order valence-corrected chi connectivity index (χ1v) is 27.1. The molecule has 0 saturated carbocycles. The van der Waals surface area contributed by atoms with Crippen molar-refractivity contribution < 1.29 is 51.0 Å². The van der Waals surface area contributed by atoms with Gasteiger partial charge in [0.05, 0.1) is 72.2 Å². The Morgan fingerprint density at radius 2 is 1.75 bits per heavy atom. The number of aromatic nitrogens is 4. The fourth-order valence-corrected chi connectivity index (χ4v) is 11.0. The Balaban J connectivity index is 0.860. The molecule has 6 aromatic rings. The van der Waals surface area contributed by atoms with E-state index in [0.29, 0.717) is 28.1 Å². The molecule has 8 rings (SSSR count). The number of H-pyrrole nitrogens is 1. The standard InChI is InChI=1S/C52H59F2N9O10S2/c1-28(30-8-10-31(11-9-30)45-29(2)58-27-74-45)59-49(67)41-18-35(64)23-63(41)51(69)46(52(3,4)5)60-42(65)25-73-15-14-72-13-12-55-48(66)36-19-40-37(16-32(36)26-75(7,70)71)38-24-61(6)50(68)44-43(38)33(20-56-44)22-62(40)47-39(54)17-34(53)21-57-47/h8-11,16-17,19-21,24,27-28,35,41,46,56,64H,12-15,18,22-23,25-26H2,1-7H3,(H,55,66)(H,59,67)(H,60,65)/t28-,35+,41-,46?/m0/s1. The van der Waals surface area contributed by atoms with Gasteiger partial charge in [0.25, 0.3) is 11.5 Å². The monoisotopic (exact) mass is 1070 g/mol. The van der Waals surface area contributed by atoms with E-state index in [-0.39, 0.29) is 79.6 Å². The van der Waals surface area contributed by atoms with Crippen molar-refractivity contribution in [1.82, 2.24) is 40.4 Å². The van der Waals surface area contributed by atoms with Gasteiger partial charge in [-0.3, -0.25) is 24.0 Å². The topological polar surface area (TPSA) is 247 Å². The number of amides is 4. The van der Waals surface area contributed by atoms with Gasteiger partial charge < -0.3 is 49.9 Å². The Hall–Kier alpha value is -6.92. The van der Waals surface area contributed by atoms with Gasteiger partial charge in [0.15, 0.2) is 21.5 Å². The number of benzene rings is 2. The molecule has 2 aliphatic rings. The lowest BCUT2D eigenvalue weighted by Crippen LogP contribution is -2.58. The van der Waals surface area contributed by atoms with Crippen LogP contribution in [0.5, 0.6) is 0 Å². The van der Waals surface area contributed by atoms with Crippen LogP contribution in [0.1, 0.15) is 72.9 Å². The van der Waals surface area contributed by atoms with Crippen molar-refractivity contribution in [1.29, 1.82) is 0 Å². The summed E-state index contributed by atoms with van der Waals surface area (Å²) in [6.45, 7) is 8.40. The fourth-order valence-electron chi connectivity index (χ4n) is 9.43. The second-order valence-corrected chi connectivity index (χ2v) is 23.0. The van der Waals surface area contributed by atoms with Crippen LogP contribution in [-0.2, 0) is 53.0 Å². The summed E-state index contributed by atoms with van der Waals surface area (Å²) >= 11 is 1.54. The molecule has 1 unspecified atom stereocenters. The molecule has 75 heavy (non-hydrogen) atoms. The predicted octanol–water partition coefficient (Wildman–Crippen LogP) is 4.97. The van der Waals surface area contributed by atoms with Crippen molar-refractivity contribution >= 4 is 67.2 Å². The number of hydrogen-bond donors (Lipinski definition) is 5. The third-order valence-electron chi connectivity index (χ3n) is 13.1. The number of carbonyl (C=O) groups excluding carboxylic acids is 4. The number of pyridine rings is 2. The molecular weight excluding hydrogens is 1010 g/mol. The third-order valence-corrected chi connectivity index (χ3v) is 14.9. The normalized spacial score (nSPS) is 16.3. The van der Waals surface area contributed by atoms with Gasteiger partial charge in [-0.1, -0.05) is 45.0 Å². The van der Waals surface area contributed by atoms with Crippen LogP contribution in [0.15, 0.2) is 71.4 Å². The molecule has 0 spiro atoms. The minimum atomic E-state index is -3.73. The largest absolute Gasteiger partial charge is 0.391 e. The molecule has 398 valence electrons. The highest BCUT2D eigenvalue weighted by Gasteiger charge is 2.45. The Morgan fingerprint density at radius 1 is 1.01 bits per heavy atom. The van der Waals surface area contributed by atoms with E-state index in [2.05, 4.69) is 30.9 Å². The van der Waals surface area contributed by atoms with Crippen LogP contribution < -0.4 is 26.4 Å². The number of rotatable bonds is 18. The summed E-state index contributed by atoms with van der Waals surface area (Å²) in [5.41, 5.74) is 5.48. The van der Waals surface area contributed by atoms with Crippen LogP contribution in [0, 0.1) is 24.0 Å². The summed E-state index contributed by atoms with van der Waals surface area (Å²) in [6.07, 6.45) is 4.13. The second-order valence-electron chi connectivity index (χ2n) is 20.0. The first-order chi connectivity index (χ1) is 35.5. The molecule has 0 aliphatic carbocycles. The zero-order chi connectivity index (χ0) is 54.1. The van der Waals surface area contributed by atoms with E-state index in [0.717, 1.165) is 34.2 Å². The molecule has 19 nitrogen and oxygen atoms in total. The SMILES string of the molecule is Cc1ncsc1-c1ccc([C@H](C)NC(=O)[C@@H]2C[C@@H](O)CN2C(=O)C(NC(=O)COCCOCCNC(=O)c2cc3c(cc2CS(C)(=O)=O)-c2cn(C)c(=O)c4[nH]cc(c24)CN3c2ncc(F)cc2F)C(C)(C)C)cc1. The summed E-state index contributed by atoms with van der Waals surface area (Å²) < 4.78 is 67.8. The maximum atomic E-state index is 15.5. The van der Waals surface area contributed by atoms with Crippen molar-refractivity contribution in [2.45, 2.75) is 77.6 Å². The van der Waals surface area contributed by atoms with Gasteiger partial charge in [0.2, 0.25) is 17.7 Å². The van der Waals surface area contributed by atoms with Crippen LogP contribution in [-0.4, -0.2) is 126 Å². The molecule has 2 aliphatic heterocycles. The number of nitrogens with zero attached hydrogens (tertiary/aromatic N) is 5. The van der Waals surface area contributed by atoms with Crippen LogP contribution in [0.3, 0.4) is 0 Å². The Labute approximate surface area is 435 Å². The smallest absolute Gasteiger partial charge is 0.274 e. The highest BCUT2D eigenvalue weighted by Crippen LogP contribution is 2.45. The van der Waals surface area contributed by atoms with E-state index in [1.807, 2.05) is 38.1 Å². The van der Waals surface area contributed by atoms with Crippen molar-refractivity contribution in [3.8, 4) is 21.6 Å². The van der Waals surface area contributed by atoms with E-state index < -0.39 is 87.1 Å². The Morgan fingerprint density at radius 3 is 2.43 bits per heavy atom. The molecule has 6 heterocycles. The van der Waals surface area contributed by atoms with Gasteiger partial charge >= 0.3 is 0 Å². The molecular formula is C52H59F2N9O10S2. The van der Waals surface area contributed by atoms with Gasteiger partial charge in [-0.15, -0.1) is 11.3 Å². The number of β-amino-alcohol motifs (C(OH)–C–C–N with tert-alkyl or cyclic N) is 1. The number of fused-ring (bicyclic) bond motifs is 2. The number of anilines is 2. The molecule has 1 fully saturated rings. The van der Waals surface area contributed by atoms with E-state index in [1.165, 1.54) is 26.5 Å². The summed E-state index contributed by atoms with van der Waals surface area (Å²) in [6, 6.07) is 8.95. The van der Waals surface area contributed by atoms with Gasteiger partial charge in [0.1, 0.15) is 30.0 Å². The van der Waals surface area contributed by atoms with Gasteiger partial charge in [-0.25, -0.2) is 27.2 Å². The minimum Gasteiger partial charge on any atom is -0.391 e. The molecule has 4 aromatic heterocycles. The zero-order valence-corrected chi connectivity index (χ0v) is 44.1. The number of aliphatic hydroxyl groups is 1. The number of hydrogen-bond acceptors (Lipinski definition) is 14. The van der Waals surface area contributed by atoms with Crippen LogP contribution in [0.25, 0.3) is 32.5 Å². The highest BCUT2D eigenvalue weighted by molar-refractivity contribution is 7.89. The van der Waals surface area contributed by atoms with E-state index in [1.54, 1.807) is 57.1 Å². The molecule has 0 bridgehead atoms. The second kappa shape index (κ2) is 22.1. The molecule has 23 heteroatoms. The number of halogens is 2. The van der Waals surface area contributed by atoms with E-state index in [4.69, 9.17) is 9.47 Å². The van der Waals surface area contributed by atoms with Crippen LogP contribution in [0.4, 0.5) is 20.3 Å². The van der Waals surface area contributed by atoms with E-state index in [9.17, 15) is 41.9 Å². The highest BCUT2D eigenvalue weighted by atomic mass is 32.2. The summed E-state index contributed by atoms with van der Waals surface area (Å²) in [5.74, 6) is -4.95. The van der Waals surface area contributed by atoms with Gasteiger partial charge in [0, 0.05) is 73.4 Å². The van der Waals surface area contributed by atoms with E-state index >= 15 is 4.39 Å².